The van der Waals surface area contributed by atoms with E-state index in [1.54, 1.807) is 11.1 Å². The number of anilines is 1. The van der Waals surface area contributed by atoms with Crippen LogP contribution in [0.15, 0.2) is 66.9 Å². The van der Waals surface area contributed by atoms with Crippen LogP contribution >= 0.6 is 0 Å². The number of aromatic amines is 1. The first-order valence-electron chi connectivity index (χ1n) is 10.9. The predicted octanol–water partition coefficient (Wildman–Crippen LogP) is 4.03. The van der Waals surface area contributed by atoms with E-state index in [0.717, 1.165) is 11.5 Å². The number of ether oxygens (including phenoxy) is 1. The van der Waals surface area contributed by atoms with Gasteiger partial charge in [0.2, 0.25) is 5.95 Å². The van der Waals surface area contributed by atoms with E-state index in [9.17, 15) is 4.79 Å². The molecule has 3 heterocycles. The van der Waals surface area contributed by atoms with E-state index in [1.165, 1.54) is 22.3 Å². The fraction of sp³-hybridized carbons (Fsp3) is 0.240. The fourth-order valence-corrected chi connectivity index (χ4v) is 4.77. The summed E-state index contributed by atoms with van der Waals surface area (Å²) in [7, 11) is 0. The van der Waals surface area contributed by atoms with Gasteiger partial charge in [-0.05, 0) is 34.4 Å². The number of imidazole rings is 1. The number of aromatic nitrogens is 3. The van der Waals surface area contributed by atoms with Crippen LogP contribution in [0.1, 0.15) is 17.0 Å². The molecule has 1 fully saturated rings. The Bertz CT molecular complexity index is 1210. The molecular weight excluding hydrogens is 402 g/mol. The summed E-state index contributed by atoms with van der Waals surface area (Å²) >= 11 is 0. The average molecular weight is 425 g/mol. The molecule has 2 aliphatic rings. The molecule has 1 N–H and O–H groups in total. The third kappa shape index (κ3) is 3.17. The number of nitrogens with zero attached hydrogens (tertiary/aromatic N) is 4. The first-order valence-corrected chi connectivity index (χ1v) is 10.9. The molecule has 6 rings (SSSR count). The lowest BCUT2D eigenvalue weighted by molar-refractivity contribution is 0.0976. The summed E-state index contributed by atoms with van der Waals surface area (Å²) in [6.45, 7) is 2.94. The normalized spacial score (nSPS) is 15.6. The summed E-state index contributed by atoms with van der Waals surface area (Å²) < 4.78 is 5.80. The van der Waals surface area contributed by atoms with Gasteiger partial charge < -0.3 is 19.5 Å². The van der Waals surface area contributed by atoms with Crippen molar-refractivity contribution in [1.29, 1.82) is 0 Å². The van der Waals surface area contributed by atoms with E-state index in [1.807, 2.05) is 24.3 Å². The number of hydrogen-bond acceptors (Lipinski definition) is 5. The largest absolute Gasteiger partial charge is 0.448 e. The van der Waals surface area contributed by atoms with Crippen molar-refractivity contribution in [2.75, 3.05) is 37.7 Å². The van der Waals surface area contributed by atoms with Gasteiger partial charge in [0.05, 0.1) is 5.52 Å². The van der Waals surface area contributed by atoms with Crippen molar-refractivity contribution in [2.45, 2.75) is 5.92 Å². The van der Waals surface area contributed by atoms with Crippen LogP contribution in [0.3, 0.4) is 0 Å². The second-order valence-corrected chi connectivity index (χ2v) is 8.21. The molecule has 1 aliphatic carbocycles. The van der Waals surface area contributed by atoms with E-state index in [0.29, 0.717) is 38.4 Å². The summed E-state index contributed by atoms with van der Waals surface area (Å²) in [6, 6.07) is 20.6. The Kier molecular flexibility index (Phi) is 4.52. The second-order valence-electron chi connectivity index (χ2n) is 8.21. The van der Waals surface area contributed by atoms with Crippen LogP contribution in [0.25, 0.3) is 22.3 Å². The molecule has 2 aromatic heterocycles. The number of carbonyl (C=O) groups is 1. The quantitative estimate of drug-likeness (QED) is 0.537. The molecular formula is C25H23N5O2. The first-order chi connectivity index (χ1) is 15.8. The van der Waals surface area contributed by atoms with Crippen molar-refractivity contribution in [3.05, 3.63) is 78.0 Å². The van der Waals surface area contributed by atoms with Crippen LogP contribution in [0.2, 0.25) is 0 Å². The Morgan fingerprint density at radius 3 is 2.31 bits per heavy atom. The zero-order valence-electron chi connectivity index (χ0n) is 17.6. The summed E-state index contributed by atoms with van der Waals surface area (Å²) in [5.41, 5.74) is 6.55. The summed E-state index contributed by atoms with van der Waals surface area (Å²) in [5.74, 6) is 0.876. The molecule has 0 unspecified atom stereocenters. The number of rotatable bonds is 3. The smallest absolute Gasteiger partial charge is 0.409 e. The highest BCUT2D eigenvalue weighted by Gasteiger charge is 2.30. The molecule has 7 heteroatoms. The van der Waals surface area contributed by atoms with Gasteiger partial charge in [-0.3, -0.25) is 0 Å². The van der Waals surface area contributed by atoms with Gasteiger partial charge in [0.25, 0.3) is 0 Å². The Hall–Kier alpha value is -3.87. The lowest BCUT2D eigenvalue weighted by Crippen LogP contribution is -2.49. The zero-order valence-corrected chi connectivity index (χ0v) is 17.6. The monoisotopic (exact) mass is 425 g/mol. The molecule has 0 bridgehead atoms. The molecule has 32 heavy (non-hydrogen) atoms. The fourth-order valence-electron chi connectivity index (χ4n) is 4.77. The third-order valence-electron chi connectivity index (χ3n) is 6.42. The second kappa shape index (κ2) is 7.67. The van der Waals surface area contributed by atoms with Gasteiger partial charge in [0.15, 0.2) is 5.65 Å². The Balaban J connectivity index is 1.10. The van der Waals surface area contributed by atoms with Gasteiger partial charge >= 0.3 is 6.09 Å². The lowest BCUT2D eigenvalue weighted by Gasteiger charge is -2.34. The van der Waals surface area contributed by atoms with Crippen LogP contribution in [-0.4, -0.2) is 58.7 Å². The van der Waals surface area contributed by atoms with Gasteiger partial charge in [0, 0.05) is 38.3 Å². The minimum Gasteiger partial charge on any atom is -0.448 e. The minimum absolute atomic E-state index is 0.0793. The van der Waals surface area contributed by atoms with Gasteiger partial charge in [-0.1, -0.05) is 48.5 Å². The van der Waals surface area contributed by atoms with E-state index in [4.69, 9.17) is 4.74 Å². The molecule has 4 aromatic rings. The van der Waals surface area contributed by atoms with Gasteiger partial charge in [-0.25, -0.2) is 9.78 Å². The number of piperazine rings is 1. The van der Waals surface area contributed by atoms with E-state index >= 15 is 0 Å². The van der Waals surface area contributed by atoms with Crippen LogP contribution in [0.4, 0.5) is 10.7 Å². The molecule has 0 atom stereocenters. The van der Waals surface area contributed by atoms with Crippen molar-refractivity contribution in [3.8, 4) is 11.1 Å². The number of carbonyl (C=O) groups excluding carboxylic acids is 1. The number of fused-ring (bicyclic) bond motifs is 4. The summed E-state index contributed by atoms with van der Waals surface area (Å²) in [4.78, 5) is 28.9. The van der Waals surface area contributed by atoms with Gasteiger partial charge in [-0.2, -0.15) is 4.98 Å². The Labute approximate surface area is 185 Å². The third-order valence-corrected chi connectivity index (χ3v) is 6.42. The maximum absolute atomic E-state index is 12.8. The van der Waals surface area contributed by atoms with Crippen molar-refractivity contribution in [2.24, 2.45) is 0 Å². The van der Waals surface area contributed by atoms with Crippen LogP contribution < -0.4 is 4.90 Å². The summed E-state index contributed by atoms with van der Waals surface area (Å²) in [6.07, 6.45) is 1.49. The highest BCUT2D eigenvalue weighted by Crippen LogP contribution is 2.44. The number of pyridine rings is 1. The molecule has 0 radical (unpaired) electrons. The van der Waals surface area contributed by atoms with E-state index in [-0.39, 0.29) is 12.0 Å². The molecule has 160 valence electrons. The number of amides is 1. The molecule has 1 saturated heterocycles. The van der Waals surface area contributed by atoms with Crippen molar-refractivity contribution < 1.29 is 9.53 Å². The van der Waals surface area contributed by atoms with E-state index < -0.39 is 0 Å². The first kappa shape index (κ1) is 18.9. The predicted molar refractivity (Wildman–Crippen MR) is 123 cm³/mol. The molecule has 0 saturated carbocycles. The van der Waals surface area contributed by atoms with Crippen LogP contribution in [-0.2, 0) is 4.74 Å². The van der Waals surface area contributed by atoms with Crippen LogP contribution in [0, 0.1) is 0 Å². The zero-order chi connectivity index (χ0) is 21.5. The van der Waals surface area contributed by atoms with E-state index in [2.05, 4.69) is 56.3 Å². The SMILES string of the molecule is O=C(OCC1c2ccccc2-c2ccccc21)N1CCN(c2nc3ncccc3[nH]2)CC1. The molecule has 2 aromatic carbocycles. The Morgan fingerprint density at radius 1 is 0.938 bits per heavy atom. The van der Waals surface area contributed by atoms with Crippen LogP contribution in [0.5, 0.6) is 0 Å². The lowest BCUT2D eigenvalue weighted by atomic mass is 9.98. The molecule has 0 spiro atoms. The number of hydrogen-bond donors (Lipinski definition) is 1. The molecule has 7 nitrogen and oxygen atoms in total. The van der Waals surface area contributed by atoms with Crippen molar-refractivity contribution in [3.63, 3.8) is 0 Å². The summed E-state index contributed by atoms with van der Waals surface area (Å²) in [5, 5.41) is 0. The topological polar surface area (TPSA) is 74.3 Å². The maximum atomic E-state index is 12.8. The standard InChI is InChI=1S/C25H23N5O2/c31-25(30-14-12-29(13-15-30)24-27-22-10-5-11-26-23(22)28-24)32-16-21-19-8-3-1-6-17(19)18-7-2-4-9-20(18)21/h1-11,21H,12-16H2,(H,26,27,28). The highest BCUT2D eigenvalue weighted by molar-refractivity contribution is 5.79. The highest BCUT2D eigenvalue weighted by atomic mass is 16.6. The van der Waals surface area contributed by atoms with Gasteiger partial charge in [0.1, 0.15) is 6.61 Å². The molecule has 1 aliphatic heterocycles. The maximum Gasteiger partial charge on any atom is 0.409 e. The average Bonchev–Trinajstić information content (AvgIpc) is 3.42. The van der Waals surface area contributed by atoms with Gasteiger partial charge in [-0.15, -0.1) is 0 Å². The van der Waals surface area contributed by atoms with Crippen molar-refractivity contribution >= 4 is 23.2 Å². The number of nitrogens with one attached hydrogen (secondary N) is 1. The Morgan fingerprint density at radius 2 is 1.62 bits per heavy atom. The van der Waals surface area contributed by atoms with Crippen molar-refractivity contribution in [1.82, 2.24) is 19.9 Å². The molecule has 1 amide bonds. The number of H-pyrrole nitrogens is 1. The number of benzene rings is 2. The minimum atomic E-state index is -0.252.